The first-order valence-electron chi connectivity index (χ1n) is 7.96. The predicted molar refractivity (Wildman–Crippen MR) is 114 cm³/mol. The molecule has 1 aliphatic rings. The Bertz CT molecular complexity index is 1070. The summed E-state index contributed by atoms with van der Waals surface area (Å²) in [6.45, 7) is 1.67. The third kappa shape index (κ3) is 3.94. The van der Waals surface area contributed by atoms with E-state index >= 15 is 0 Å². The molecule has 2 N–H and O–H groups in total. The molecule has 3 rings (SSSR count). The van der Waals surface area contributed by atoms with Gasteiger partial charge in [0.25, 0.3) is 5.91 Å². The van der Waals surface area contributed by atoms with Crippen LogP contribution in [0.4, 0.5) is 5.69 Å². The average Bonchev–Trinajstić information content (AvgIpc) is 2.88. The maximum Gasteiger partial charge on any atom is 0.336 e. The normalized spacial score (nSPS) is 17.0. The second-order valence-electron chi connectivity index (χ2n) is 5.95. The van der Waals surface area contributed by atoms with Crippen molar-refractivity contribution in [2.75, 3.05) is 7.05 Å². The summed E-state index contributed by atoms with van der Waals surface area (Å²) in [5, 5.41) is 20.3. The van der Waals surface area contributed by atoms with E-state index in [1.807, 2.05) is 0 Å². The number of carboxylic acids is 1. The Morgan fingerprint density at radius 3 is 2.75 bits per heavy atom. The zero-order chi connectivity index (χ0) is 20.6. The van der Waals surface area contributed by atoms with E-state index in [1.54, 1.807) is 44.3 Å². The van der Waals surface area contributed by atoms with Gasteiger partial charge in [-0.15, -0.1) is 0 Å². The summed E-state index contributed by atoms with van der Waals surface area (Å²) >= 11 is 10.4. The van der Waals surface area contributed by atoms with Gasteiger partial charge in [-0.2, -0.15) is 0 Å². The molecule has 6 nitrogen and oxygen atoms in total. The standard InChI is InChI=1S/C19H14BrClN2O4S/c1-9-12(18(26)27)4-3-5-14(9)22-19-23(2)17(25)15(28-19)7-10-6-11(21)8-13(20)16(10)24/h3-8,24H,1-2H3,(H,26,27)/b15-7-,22-19?. The number of rotatable bonds is 3. The number of halogens is 2. The predicted octanol–water partition coefficient (Wildman–Crippen LogP) is 5.05. The number of hydrogen-bond donors (Lipinski definition) is 2. The second kappa shape index (κ2) is 7.98. The zero-order valence-electron chi connectivity index (χ0n) is 14.7. The lowest BCUT2D eigenvalue weighted by Gasteiger charge is -2.09. The Kier molecular flexibility index (Phi) is 5.83. The molecule has 9 heteroatoms. The Labute approximate surface area is 178 Å². The first kappa shape index (κ1) is 20.4. The Balaban J connectivity index is 2.00. The molecule has 144 valence electrons. The summed E-state index contributed by atoms with van der Waals surface area (Å²) in [7, 11) is 1.58. The van der Waals surface area contributed by atoms with E-state index < -0.39 is 5.97 Å². The Morgan fingerprint density at radius 1 is 1.36 bits per heavy atom. The molecule has 2 aromatic rings. The van der Waals surface area contributed by atoms with Gasteiger partial charge in [-0.05, 0) is 70.5 Å². The lowest BCUT2D eigenvalue weighted by molar-refractivity contribution is -0.121. The van der Waals surface area contributed by atoms with Crippen molar-refractivity contribution in [3.05, 3.63) is 61.4 Å². The number of hydrogen-bond acceptors (Lipinski definition) is 5. The summed E-state index contributed by atoms with van der Waals surface area (Å²) in [6.07, 6.45) is 1.54. The molecule has 1 fully saturated rings. The molecular formula is C19H14BrClN2O4S. The van der Waals surface area contributed by atoms with E-state index in [4.69, 9.17) is 11.6 Å². The van der Waals surface area contributed by atoms with E-state index in [9.17, 15) is 19.8 Å². The average molecular weight is 482 g/mol. The van der Waals surface area contributed by atoms with Gasteiger partial charge in [0.2, 0.25) is 0 Å². The fourth-order valence-electron chi connectivity index (χ4n) is 2.57. The molecule has 0 aromatic heterocycles. The van der Waals surface area contributed by atoms with E-state index in [1.165, 1.54) is 11.0 Å². The van der Waals surface area contributed by atoms with E-state index in [0.717, 1.165) is 11.8 Å². The number of nitrogens with zero attached hydrogens (tertiary/aromatic N) is 2. The van der Waals surface area contributed by atoms with Gasteiger partial charge < -0.3 is 10.2 Å². The van der Waals surface area contributed by atoms with Crippen LogP contribution < -0.4 is 0 Å². The van der Waals surface area contributed by atoms with Gasteiger partial charge in [-0.3, -0.25) is 9.69 Å². The SMILES string of the molecule is Cc1c(N=C2S/C(=C\c3cc(Cl)cc(Br)c3O)C(=O)N2C)cccc1C(=O)O. The molecule has 0 atom stereocenters. The van der Waals surface area contributed by atoms with Crippen LogP contribution in [-0.2, 0) is 4.79 Å². The number of benzene rings is 2. The van der Waals surface area contributed by atoms with Crippen molar-refractivity contribution in [3.63, 3.8) is 0 Å². The number of amidine groups is 1. The van der Waals surface area contributed by atoms with Crippen LogP contribution in [0.25, 0.3) is 6.08 Å². The topological polar surface area (TPSA) is 90.2 Å². The third-order valence-electron chi connectivity index (χ3n) is 4.10. The molecule has 1 amide bonds. The Hall–Kier alpha value is -2.29. The molecule has 0 bridgehead atoms. The largest absolute Gasteiger partial charge is 0.506 e. The van der Waals surface area contributed by atoms with Crippen molar-refractivity contribution < 1.29 is 19.8 Å². The summed E-state index contributed by atoms with van der Waals surface area (Å²) in [5.41, 5.74) is 1.53. The van der Waals surface area contributed by atoms with Gasteiger partial charge in [0.15, 0.2) is 5.17 Å². The quantitative estimate of drug-likeness (QED) is 0.599. The highest BCUT2D eigenvalue weighted by Crippen LogP contribution is 2.38. The van der Waals surface area contributed by atoms with Crippen LogP contribution in [0.5, 0.6) is 5.75 Å². The van der Waals surface area contributed by atoms with Crippen LogP contribution in [0.15, 0.2) is 44.7 Å². The summed E-state index contributed by atoms with van der Waals surface area (Å²) in [5.74, 6) is -1.35. The minimum atomic E-state index is -1.04. The highest BCUT2D eigenvalue weighted by atomic mass is 79.9. The number of likely N-dealkylation sites (N-methyl/N-ethyl adjacent to an activating group) is 1. The number of thioether (sulfide) groups is 1. The first-order valence-corrected chi connectivity index (χ1v) is 9.95. The zero-order valence-corrected chi connectivity index (χ0v) is 17.9. The van der Waals surface area contributed by atoms with Crippen molar-refractivity contribution in [2.45, 2.75) is 6.92 Å². The van der Waals surface area contributed by atoms with Gasteiger partial charge in [0.05, 0.1) is 20.6 Å². The van der Waals surface area contributed by atoms with Gasteiger partial charge in [-0.25, -0.2) is 9.79 Å². The van der Waals surface area contributed by atoms with Crippen LogP contribution >= 0.6 is 39.3 Å². The second-order valence-corrected chi connectivity index (χ2v) is 8.25. The molecule has 0 radical (unpaired) electrons. The monoisotopic (exact) mass is 480 g/mol. The molecule has 1 saturated heterocycles. The van der Waals surface area contributed by atoms with Crippen LogP contribution in [-0.4, -0.2) is 39.2 Å². The number of carbonyl (C=O) groups is 2. The number of amides is 1. The molecule has 0 aliphatic carbocycles. The molecule has 0 unspecified atom stereocenters. The summed E-state index contributed by atoms with van der Waals surface area (Å²) in [6, 6.07) is 7.91. The van der Waals surface area contributed by atoms with Gasteiger partial charge in [-0.1, -0.05) is 17.7 Å². The maximum absolute atomic E-state index is 12.6. The number of carboxylic acid groups (broad SMARTS) is 1. The highest BCUT2D eigenvalue weighted by Gasteiger charge is 2.31. The fraction of sp³-hybridized carbons (Fsp3) is 0.105. The van der Waals surface area contributed by atoms with Gasteiger partial charge in [0, 0.05) is 17.6 Å². The summed E-state index contributed by atoms with van der Waals surface area (Å²) < 4.78 is 0.422. The van der Waals surface area contributed by atoms with Gasteiger partial charge >= 0.3 is 5.97 Å². The molecular weight excluding hydrogens is 468 g/mol. The van der Waals surface area contributed by atoms with Crippen LogP contribution in [0.2, 0.25) is 5.02 Å². The van der Waals surface area contributed by atoms with Crippen LogP contribution in [0, 0.1) is 6.92 Å². The smallest absolute Gasteiger partial charge is 0.336 e. The van der Waals surface area contributed by atoms with E-state index in [2.05, 4.69) is 20.9 Å². The molecule has 1 heterocycles. The van der Waals surface area contributed by atoms with Gasteiger partial charge in [0.1, 0.15) is 5.75 Å². The van der Waals surface area contributed by atoms with E-state index in [0.29, 0.717) is 36.4 Å². The Morgan fingerprint density at radius 2 is 2.07 bits per heavy atom. The molecule has 2 aromatic carbocycles. The number of carbonyl (C=O) groups excluding carboxylic acids is 1. The highest BCUT2D eigenvalue weighted by molar-refractivity contribution is 9.10. The maximum atomic E-state index is 12.6. The summed E-state index contributed by atoms with van der Waals surface area (Å²) in [4.78, 5) is 30.1. The molecule has 0 saturated carbocycles. The third-order valence-corrected chi connectivity index (χ3v) is 5.98. The molecule has 1 aliphatic heterocycles. The minimum absolute atomic E-state index is 0.0247. The van der Waals surface area contributed by atoms with Crippen LogP contribution in [0.1, 0.15) is 21.5 Å². The lowest BCUT2D eigenvalue weighted by Crippen LogP contribution is -2.23. The van der Waals surface area contributed by atoms with Crippen molar-refractivity contribution in [3.8, 4) is 5.75 Å². The minimum Gasteiger partial charge on any atom is -0.506 e. The number of phenolic OH excluding ortho intramolecular Hbond substituents is 1. The number of phenols is 1. The van der Waals surface area contributed by atoms with Crippen LogP contribution in [0.3, 0.4) is 0 Å². The molecule has 28 heavy (non-hydrogen) atoms. The first-order chi connectivity index (χ1) is 13.2. The number of aliphatic imine (C=N–C) groups is 1. The molecule has 0 spiro atoms. The number of aromatic carboxylic acids is 1. The lowest BCUT2D eigenvalue weighted by atomic mass is 10.1. The van der Waals surface area contributed by atoms with Crippen molar-refractivity contribution in [1.82, 2.24) is 4.90 Å². The van der Waals surface area contributed by atoms with Crippen molar-refractivity contribution in [1.29, 1.82) is 0 Å². The van der Waals surface area contributed by atoms with Crippen molar-refractivity contribution in [2.24, 2.45) is 4.99 Å². The van der Waals surface area contributed by atoms with Crippen molar-refractivity contribution >= 4 is 68.1 Å². The number of aromatic hydroxyl groups is 1. The van der Waals surface area contributed by atoms with E-state index in [-0.39, 0.29) is 17.2 Å². The fourth-order valence-corrected chi connectivity index (χ4v) is 4.37.